The molecule has 1 N–H and O–H groups in total. The third-order valence-corrected chi connectivity index (χ3v) is 6.32. The lowest BCUT2D eigenvalue weighted by molar-refractivity contribution is 0.204. The second kappa shape index (κ2) is 21.1. The fraction of sp³-hybridized carbons (Fsp3) is 1.00. The molecule has 0 bridgehead atoms. The Labute approximate surface area is 182 Å². The van der Waals surface area contributed by atoms with Crippen LogP contribution in [0, 0.1) is 5.92 Å². The predicted octanol–water partition coefficient (Wildman–Crippen LogP) is 8.26. The molecule has 0 aliphatic carbocycles. The summed E-state index contributed by atoms with van der Waals surface area (Å²) in [5, 5.41) is 0. The highest BCUT2D eigenvalue weighted by Gasteiger charge is 2.13. The summed E-state index contributed by atoms with van der Waals surface area (Å²) >= 11 is 0. The van der Waals surface area contributed by atoms with E-state index in [0.717, 1.165) is 25.7 Å². The van der Waals surface area contributed by atoms with Gasteiger partial charge in [0.15, 0.2) is 0 Å². The van der Waals surface area contributed by atoms with Gasteiger partial charge in [0.1, 0.15) is 0 Å². The first-order chi connectivity index (χ1) is 14.0. The molecule has 1 unspecified atom stereocenters. The van der Waals surface area contributed by atoms with Crippen LogP contribution in [-0.4, -0.2) is 19.6 Å². The largest absolute Gasteiger partial charge is 0.397 e. The van der Waals surface area contributed by atoms with E-state index in [0.29, 0.717) is 0 Å². The first-order valence-electron chi connectivity index (χ1n) is 12.6. The van der Waals surface area contributed by atoms with Crippen LogP contribution < -0.4 is 0 Å². The first-order valence-corrected chi connectivity index (χ1v) is 14.0. The third kappa shape index (κ3) is 24.0. The zero-order valence-corrected chi connectivity index (χ0v) is 20.3. The average molecular weight is 435 g/mol. The molecule has 0 aromatic carbocycles. The quantitative estimate of drug-likeness (QED) is 0.130. The maximum Gasteiger partial charge on any atom is 0.397 e. The fourth-order valence-corrected chi connectivity index (χ4v) is 4.34. The van der Waals surface area contributed by atoms with Crippen LogP contribution in [0.1, 0.15) is 142 Å². The second-order valence-corrected chi connectivity index (χ2v) is 9.90. The topological polar surface area (TPSA) is 63.6 Å². The molecule has 0 radical (unpaired) electrons. The van der Waals surface area contributed by atoms with Gasteiger partial charge in [0.05, 0.1) is 6.61 Å². The van der Waals surface area contributed by atoms with Crippen molar-refractivity contribution in [1.82, 2.24) is 0 Å². The molecule has 0 spiro atoms. The van der Waals surface area contributed by atoms with Crippen molar-refractivity contribution in [3.8, 4) is 0 Å². The highest BCUT2D eigenvalue weighted by molar-refractivity contribution is 7.80. The molecule has 0 aliphatic heterocycles. The van der Waals surface area contributed by atoms with Gasteiger partial charge in [0, 0.05) is 0 Å². The lowest BCUT2D eigenvalue weighted by Gasteiger charge is -2.16. The molecule has 0 saturated carbocycles. The van der Waals surface area contributed by atoms with E-state index in [1.165, 1.54) is 103 Å². The van der Waals surface area contributed by atoms with Crippen LogP contribution in [0.5, 0.6) is 0 Å². The highest BCUT2D eigenvalue weighted by Crippen LogP contribution is 2.20. The smallest absolute Gasteiger partial charge is 0.264 e. The summed E-state index contributed by atoms with van der Waals surface area (Å²) in [5.74, 6) is 0.242. The SMILES string of the molecule is CCCCCCCCCCCCCCC(CCCCCCCC)COS(=O)(=O)O. The zero-order chi connectivity index (χ0) is 21.6. The number of rotatable bonds is 23. The predicted molar refractivity (Wildman–Crippen MR) is 125 cm³/mol. The van der Waals surface area contributed by atoms with E-state index < -0.39 is 10.4 Å². The Hall–Kier alpha value is -0.130. The minimum absolute atomic E-state index is 0.131. The van der Waals surface area contributed by atoms with Gasteiger partial charge in [-0.25, -0.2) is 4.18 Å². The van der Waals surface area contributed by atoms with Crippen LogP contribution in [0.4, 0.5) is 0 Å². The van der Waals surface area contributed by atoms with E-state index in [2.05, 4.69) is 18.0 Å². The van der Waals surface area contributed by atoms with Crippen LogP contribution in [0.3, 0.4) is 0 Å². The summed E-state index contributed by atoms with van der Waals surface area (Å²) in [7, 11) is -4.32. The minimum atomic E-state index is -4.32. The summed E-state index contributed by atoms with van der Waals surface area (Å²) in [6.07, 6.45) is 25.4. The molecular formula is C24H50O4S. The highest BCUT2D eigenvalue weighted by atomic mass is 32.3. The van der Waals surface area contributed by atoms with E-state index >= 15 is 0 Å². The summed E-state index contributed by atoms with van der Waals surface area (Å²) in [6, 6.07) is 0. The molecular weight excluding hydrogens is 384 g/mol. The van der Waals surface area contributed by atoms with Crippen LogP contribution in [0.25, 0.3) is 0 Å². The van der Waals surface area contributed by atoms with E-state index in [-0.39, 0.29) is 12.5 Å². The number of unbranched alkanes of at least 4 members (excludes halogenated alkanes) is 16. The summed E-state index contributed by atoms with van der Waals surface area (Å²) in [4.78, 5) is 0. The van der Waals surface area contributed by atoms with E-state index in [4.69, 9.17) is 4.55 Å². The van der Waals surface area contributed by atoms with E-state index in [1.807, 2.05) is 0 Å². The Balaban J connectivity index is 3.73. The van der Waals surface area contributed by atoms with Gasteiger partial charge < -0.3 is 0 Å². The Morgan fingerprint density at radius 3 is 1.21 bits per heavy atom. The Bertz CT molecular complexity index is 423. The molecule has 4 nitrogen and oxygen atoms in total. The maximum atomic E-state index is 10.9. The van der Waals surface area contributed by atoms with Gasteiger partial charge in [-0.2, -0.15) is 8.42 Å². The van der Waals surface area contributed by atoms with Crippen LogP contribution in [-0.2, 0) is 14.6 Å². The summed E-state index contributed by atoms with van der Waals surface area (Å²) in [6.45, 7) is 4.61. The molecule has 29 heavy (non-hydrogen) atoms. The summed E-state index contributed by atoms with van der Waals surface area (Å²) < 4.78 is 35.3. The van der Waals surface area contributed by atoms with Crippen molar-refractivity contribution in [2.24, 2.45) is 5.92 Å². The lowest BCUT2D eigenvalue weighted by atomic mass is 9.95. The maximum absolute atomic E-state index is 10.9. The number of hydrogen-bond acceptors (Lipinski definition) is 3. The van der Waals surface area contributed by atoms with Crippen LogP contribution >= 0.6 is 0 Å². The molecule has 176 valence electrons. The van der Waals surface area contributed by atoms with Crippen LogP contribution in [0.2, 0.25) is 0 Å². The molecule has 0 fully saturated rings. The Morgan fingerprint density at radius 1 is 0.586 bits per heavy atom. The molecule has 1 atom stereocenters. The van der Waals surface area contributed by atoms with Gasteiger partial charge in [0.2, 0.25) is 0 Å². The van der Waals surface area contributed by atoms with Crippen molar-refractivity contribution in [3.05, 3.63) is 0 Å². The van der Waals surface area contributed by atoms with Gasteiger partial charge in [-0.15, -0.1) is 0 Å². The molecule has 0 aromatic rings. The Morgan fingerprint density at radius 2 is 0.897 bits per heavy atom. The van der Waals surface area contributed by atoms with Gasteiger partial charge in [-0.05, 0) is 18.8 Å². The van der Waals surface area contributed by atoms with Crippen molar-refractivity contribution in [3.63, 3.8) is 0 Å². The fourth-order valence-electron chi connectivity index (χ4n) is 3.98. The van der Waals surface area contributed by atoms with Crippen molar-refractivity contribution in [2.45, 2.75) is 142 Å². The lowest BCUT2D eigenvalue weighted by Crippen LogP contribution is -2.14. The van der Waals surface area contributed by atoms with Gasteiger partial charge in [0.25, 0.3) is 0 Å². The van der Waals surface area contributed by atoms with E-state index in [9.17, 15) is 8.42 Å². The van der Waals surface area contributed by atoms with Crippen LogP contribution in [0.15, 0.2) is 0 Å². The van der Waals surface area contributed by atoms with Gasteiger partial charge in [-0.1, -0.05) is 129 Å². The van der Waals surface area contributed by atoms with Gasteiger partial charge in [-0.3, -0.25) is 4.55 Å². The average Bonchev–Trinajstić information content (AvgIpc) is 2.68. The van der Waals surface area contributed by atoms with E-state index in [1.54, 1.807) is 0 Å². The number of hydrogen-bond donors (Lipinski definition) is 1. The first kappa shape index (κ1) is 28.9. The van der Waals surface area contributed by atoms with Gasteiger partial charge >= 0.3 is 10.4 Å². The monoisotopic (exact) mass is 434 g/mol. The molecule has 0 heterocycles. The van der Waals surface area contributed by atoms with Crippen molar-refractivity contribution in [2.75, 3.05) is 6.61 Å². The molecule has 0 rings (SSSR count). The van der Waals surface area contributed by atoms with Crippen molar-refractivity contribution >= 4 is 10.4 Å². The third-order valence-electron chi connectivity index (χ3n) is 5.88. The second-order valence-electron chi connectivity index (χ2n) is 8.81. The molecule has 0 aliphatic rings. The molecule has 0 saturated heterocycles. The zero-order valence-electron chi connectivity index (χ0n) is 19.5. The molecule has 0 amide bonds. The minimum Gasteiger partial charge on any atom is -0.264 e. The molecule has 0 aromatic heterocycles. The van der Waals surface area contributed by atoms with Crippen molar-refractivity contribution in [1.29, 1.82) is 0 Å². The summed E-state index contributed by atoms with van der Waals surface area (Å²) in [5.41, 5.74) is 0. The Kier molecular flexibility index (Phi) is 21.0. The van der Waals surface area contributed by atoms with Crippen molar-refractivity contribution < 1.29 is 17.2 Å². The molecule has 5 heteroatoms. The standard InChI is InChI=1S/C24H50O4S/c1-3-5-7-9-11-12-13-14-15-16-18-20-22-24(23-28-29(25,26)27)21-19-17-10-8-6-4-2/h24H,3-23H2,1-2H3,(H,25,26,27). The normalized spacial score (nSPS) is 13.1.